The van der Waals surface area contributed by atoms with Gasteiger partial charge in [0.15, 0.2) is 0 Å². The average Bonchev–Trinajstić information content (AvgIpc) is 3.05. The van der Waals surface area contributed by atoms with Gasteiger partial charge in [-0.15, -0.1) is 11.3 Å². The first-order valence-electron chi connectivity index (χ1n) is 10.3. The van der Waals surface area contributed by atoms with Gasteiger partial charge in [0.05, 0.1) is 19.3 Å². The second kappa shape index (κ2) is 11.9. The van der Waals surface area contributed by atoms with E-state index in [-0.39, 0.29) is 5.57 Å². The van der Waals surface area contributed by atoms with E-state index in [1.54, 1.807) is 19.1 Å². The zero-order valence-electron chi connectivity index (χ0n) is 18.4. The zero-order valence-corrected chi connectivity index (χ0v) is 19.2. The molecule has 6 nitrogen and oxygen atoms in total. The number of anilines is 1. The summed E-state index contributed by atoms with van der Waals surface area (Å²) < 4.78 is 10.5. The summed E-state index contributed by atoms with van der Waals surface area (Å²) in [7, 11) is 1.29. The van der Waals surface area contributed by atoms with Gasteiger partial charge in [-0.2, -0.15) is 5.26 Å². The predicted octanol–water partition coefficient (Wildman–Crippen LogP) is 5.66. The topological polar surface area (TPSA) is 88.4 Å². The number of carbonyl (C=O) groups excluding carboxylic acids is 2. The molecule has 0 radical (unpaired) electrons. The lowest BCUT2D eigenvalue weighted by Gasteiger charge is -2.07. The number of methoxy groups -OCH3 is 1. The third kappa shape index (κ3) is 6.69. The van der Waals surface area contributed by atoms with Crippen LogP contribution in [0.15, 0.2) is 29.8 Å². The Morgan fingerprint density at radius 2 is 1.87 bits per heavy atom. The van der Waals surface area contributed by atoms with Gasteiger partial charge >= 0.3 is 5.97 Å². The molecule has 0 aliphatic carbocycles. The molecule has 0 aliphatic heterocycles. The molecule has 2 aromatic rings. The molecular weight excluding hydrogens is 412 g/mol. The van der Waals surface area contributed by atoms with Crippen molar-refractivity contribution in [1.29, 1.82) is 5.26 Å². The maximum absolute atomic E-state index is 12.7. The smallest absolute Gasteiger partial charge is 0.341 e. The third-order valence-corrected chi connectivity index (χ3v) is 5.95. The second-order valence-corrected chi connectivity index (χ2v) is 8.31. The molecule has 2 rings (SSSR count). The van der Waals surface area contributed by atoms with E-state index in [1.165, 1.54) is 37.4 Å². The number of hydrogen-bond donors (Lipinski definition) is 1. The summed E-state index contributed by atoms with van der Waals surface area (Å²) in [5.41, 5.74) is 1.71. The lowest BCUT2D eigenvalue weighted by molar-refractivity contribution is -0.112. The minimum atomic E-state index is -0.579. The fraction of sp³-hybridized carbons (Fsp3) is 0.375. The number of ether oxygens (including phenoxy) is 2. The van der Waals surface area contributed by atoms with Crippen LogP contribution in [0.1, 0.15) is 59.0 Å². The van der Waals surface area contributed by atoms with Gasteiger partial charge in [-0.25, -0.2) is 4.79 Å². The summed E-state index contributed by atoms with van der Waals surface area (Å²) in [5, 5.41) is 12.5. The Morgan fingerprint density at radius 3 is 2.48 bits per heavy atom. The van der Waals surface area contributed by atoms with Crippen LogP contribution in [-0.4, -0.2) is 25.6 Å². The van der Waals surface area contributed by atoms with Crippen molar-refractivity contribution in [2.45, 2.75) is 46.5 Å². The molecule has 1 N–H and O–H groups in total. The lowest BCUT2D eigenvalue weighted by Crippen LogP contribution is -2.15. The minimum Gasteiger partial charge on any atom is -0.494 e. The van der Waals surface area contributed by atoms with E-state index in [4.69, 9.17) is 9.47 Å². The Labute approximate surface area is 187 Å². The van der Waals surface area contributed by atoms with Crippen molar-refractivity contribution in [3.8, 4) is 11.8 Å². The molecule has 0 unspecified atom stereocenters. The molecule has 0 bridgehead atoms. The van der Waals surface area contributed by atoms with Gasteiger partial charge in [0.25, 0.3) is 5.91 Å². The van der Waals surface area contributed by atoms with Crippen LogP contribution in [0.2, 0.25) is 0 Å². The Bertz CT molecular complexity index is 984. The summed E-state index contributed by atoms with van der Waals surface area (Å²) in [5.74, 6) is -0.348. The molecule has 0 aliphatic rings. The predicted molar refractivity (Wildman–Crippen MR) is 123 cm³/mol. The van der Waals surface area contributed by atoms with Gasteiger partial charge in [0.1, 0.15) is 22.4 Å². The minimum absolute atomic E-state index is 0.0623. The molecule has 164 valence electrons. The van der Waals surface area contributed by atoms with Gasteiger partial charge < -0.3 is 14.8 Å². The number of carbonyl (C=O) groups is 2. The van der Waals surface area contributed by atoms with Crippen molar-refractivity contribution in [2.75, 3.05) is 19.0 Å². The van der Waals surface area contributed by atoms with Crippen LogP contribution < -0.4 is 10.1 Å². The van der Waals surface area contributed by atoms with Crippen LogP contribution in [0.25, 0.3) is 6.08 Å². The standard InChI is InChI=1S/C24H28N2O4S/c1-5-6-7-8-13-30-20-11-9-18(10-12-20)14-19(15-25)22(27)26-23-21(24(28)29-4)16(2)17(3)31-23/h9-12,14H,5-8,13H2,1-4H3,(H,26,27)/b19-14+. The SMILES string of the molecule is CCCCCCOc1ccc(/C=C(\C#N)C(=O)Nc2sc(C)c(C)c2C(=O)OC)cc1. The highest BCUT2D eigenvalue weighted by Crippen LogP contribution is 2.33. The zero-order chi connectivity index (χ0) is 22.8. The van der Waals surface area contributed by atoms with E-state index >= 15 is 0 Å². The number of aryl methyl sites for hydroxylation is 1. The molecule has 1 heterocycles. The molecule has 1 aromatic carbocycles. The summed E-state index contributed by atoms with van der Waals surface area (Å²) in [4.78, 5) is 25.6. The molecule has 1 amide bonds. The van der Waals surface area contributed by atoms with E-state index in [1.807, 2.05) is 25.1 Å². The molecule has 31 heavy (non-hydrogen) atoms. The van der Waals surface area contributed by atoms with Crippen molar-refractivity contribution >= 4 is 34.3 Å². The van der Waals surface area contributed by atoms with Gasteiger partial charge in [0.2, 0.25) is 0 Å². The van der Waals surface area contributed by atoms with Crippen LogP contribution in [0.3, 0.4) is 0 Å². The van der Waals surface area contributed by atoms with Crippen molar-refractivity contribution in [2.24, 2.45) is 0 Å². The summed E-state index contributed by atoms with van der Waals surface area (Å²) in [6, 6.07) is 9.16. The fourth-order valence-corrected chi connectivity index (χ4v) is 3.97. The number of thiophene rings is 1. The molecule has 1 aromatic heterocycles. The summed E-state index contributed by atoms with van der Waals surface area (Å²) >= 11 is 1.28. The van der Waals surface area contributed by atoms with Gasteiger partial charge in [-0.05, 0) is 49.6 Å². The maximum atomic E-state index is 12.7. The number of hydrogen-bond acceptors (Lipinski definition) is 6. The third-order valence-electron chi connectivity index (χ3n) is 4.82. The monoisotopic (exact) mass is 440 g/mol. The Kier molecular flexibility index (Phi) is 9.29. The first-order chi connectivity index (χ1) is 14.9. The molecular formula is C24H28N2O4S. The van der Waals surface area contributed by atoms with Gasteiger partial charge in [-0.1, -0.05) is 38.3 Å². The lowest BCUT2D eigenvalue weighted by atomic mass is 10.1. The molecule has 0 atom stereocenters. The Balaban J connectivity index is 2.09. The highest BCUT2D eigenvalue weighted by atomic mass is 32.1. The number of esters is 1. The number of amides is 1. The van der Waals surface area contributed by atoms with Crippen LogP contribution in [0, 0.1) is 25.2 Å². The van der Waals surface area contributed by atoms with Gasteiger partial charge in [-0.3, -0.25) is 4.79 Å². The first-order valence-corrected chi connectivity index (χ1v) is 11.1. The number of nitrogens with zero attached hydrogens (tertiary/aromatic N) is 1. The molecule has 7 heteroatoms. The van der Waals surface area contributed by atoms with Crippen molar-refractivity contribution in [3.05, 3.63) is 51.4 Å². The average molecular weight is 441 g/mol. The van der Waals surface area contributed by atoms with Crippen LogP contribution in [0.5, 0.6) is 5.75 Å². The maximum Gasteiger partial charge on any atom is 0.341 e. The van der Waals surface area contributed by atoms with Crippen LogP contribution in [-0.2, 0) is 9.53 Å². The molecule has 0 spiro atoms. The fourth-order valence-electron chi connectivity index (χ4n) is 2.93. The van der Waals surface area contributed by atoms with E-state index in [2.05, 4.69) is 12.2 Å². The quantitative estimate of drug-likeness (QED) is 0.223. The summed E-state index contributed by atoms with van der Waals surface area (Å²) in [6.45, 7) is 6.49. The number of unbranched alkanes of at least 4 members (excludes halogenated alkanes) is 3. The molecule has 0 saturated heterocycles. The van der Waals surface area contributed by atoms with Gasteiger partial charge in [0, 0.05) is 4.88 Å². The van der Waals surface area contributed by atoms with Crippen LogP contribution in [0.4, 0.5) is 5.00 Å². The first kappa shape index (κ1) is 24.2. The summed E-state index contributed by atoms with van der Waals surface area (Å²) in [6.07, 6.45) is 6.07. The molecule has 0 saturated carbocycles. The highest BCUT2D eigenvalue weighted by Gasteiger charge is 2.22. The van der Waals surface area contributed by atoms with E-state index in [0.29, 0.717) is 22.7 Å². The number of rotatable bonds is 10. The largest absolute Gasteiger partial charge is 0.494 e. The van der Waals surface area contributed by atoms with E-state index < -0.39 is 11.9 Å². The second-order valence-electron chi connectivity index (χ2n) is 7.08. The van der Waals surface area contributed by atoms with Crippen molar-refractivity contribution < 1.29 is 19.1 Å². The Hall–Kier alpha value is -3.11. The highest BCUT2D eigenvalue weighted by molar-refractivity contribution is 7.16. The van der Waals surface area contributed by atoms with E-state index in [0.717, 1.165) is 29.0 Å². The normalized spacial score (nSPS) is 11.0. The Morgan fingerprint density at radius 1 is 1.16 bits per heavy atom. The number of nitriles is 1. The van der Waals surface area contributed by atoms with Crippen molar-refractivity contribution in [1.82, 2.24) is 0 Å². The van der Waals surface area contributed by atoms with Crippen LogP contribution >= 0.6 is 11.3 Å². The number of benzene rings is 1. The van der Waals surface area contributed by atoms with Crippen molar-refractivity contribution in [3.63, 3.8) is 0 Å². The number of nitrogens with one attached hydrogen (secondary N) is 1. The molecule has 0 fully saturated rings. The van der Waals surface area contributed by atoms with E-state index in [9.17, 15) is 14.9 Å².